The Morgan fingerprint density at radius 1 is 1.53 bits per heavy atom. The second kappa shape index (κ2) is 5.31. The SMILES string of the molecule is NC1C2CCOC2C1NC(=O)c1cc(I)ccc1Br. The van der Waals surface area contributed by atoms with Gasteiger partial charge >= 0.3 is 0 Å². The Morgan fingerprint density at radius 2 is 2.32 bits per heavy atom. The van der Waals surface area contributed by atoms with Crippen LogP contribution < -0.4 is 11.1 Å². The number of carbonyl (C=O) groups excluding carboxylic acids is 1. The zero-order valence-corrected chi connectivity index (χ0v) is 13.8. The molecule has 1 heterocycles. The number of benzene rings is 1. The first-order valence-corrected chi connectivity index (χ1v) is 8.08. The predicted molar refractivity (Wildman–Crippen MR) is 83.9 cm³/mol. The third-order valence-corrected chi connectivity index (χ3v) is 5.28. The summed E-state index contributed by atoms with van der Waals surface area (Å²) in [6.07, 6.45) is 1.10. The summed E-state index contributed by atoms with van der Waals surface area (Å²) in [4.78, 5) is 12.3. The molecule has 4 nitrogen and oxygen atoms in total. The van der Waals surface area contributed by atoms with Crippen molar-refractivity contribution in [3.8, 4) is 0 Å². The van der Waals surface area contributed by atoms with E-state index < -0.39 is 0 Å². The van der Waals surface area contributed by atoms with Gasteiger partial charge in [-0.2, -0.15) is 0 Å². The molecule has 1 aromatic rings. The first kappa shape index (κ1) is 13.8. The number of rotatable bonds is 2. The number of hydrogen-bond acceptors (Lipinski definition) is 3. The standard InChI is InChI=1S/C13H14BrIN2O2/c14-9-2-1-6(15)5-8(9)13(18)17-11-10(16)7-3-4-19-12(7)11/h1-2,5,7,10-12H,3-4,16H2,(H,17,18). The van der Waals surface area contributed by atoms with E-state index in [2.05, 4.69) is 43.8 Å². The lowest BCUT2D eigenvalue weighted by atomic mass is 9.72. The van der Waals surface area contributed by atoms with E-state index in [-0.39, 0.29) is 24.1 Å². The number of carbonyl (C=O) groups is 1. The summed E-state index contributed by atoms with van der Waals surface area (Å²) in [6, 6.07) is 5.64. The van der Waals surface area contributed by atoms with Gasteiger partial charge in [0.15, 0.2) is 0 Å². The molecule has 2 aliphatic rings. The van der Waals surface area contributed by atoms with Crippen LogP contribution >= 0.6 is 38.5 Å². The molecule has 1 aliphatic heterocycles. The Kier molecular flexibility index (Phi) is 3.85. The van der Waals surface area contributed by atoms with Gasteiger partial charge in [-0.25, -0.2) is 0 Å². The quantitative estimate of drug-likeness (QED) is 0.696. The number of nitrogens with two attached hydrogens (primary N) is 1. The largest absolute Gasteiger partial charge is 0.376 e. The Balaban J connectivity index is 1.73. The van der Waals surface area contributed by atoms with Gasteiger partial charge in [-0.05, 0) is 63.1 Å². The predicted octanol–water partition coefficient (Wildman–Crippen LogP) is 1.90. The summed E-state index contributed by atoms with van der Waals surface area (Å²) in [6.45, 7) is 0.752. The van der Waals surface area contributed by atoms with Crippen LogP contribution in [-0.2, 0) is 4.74 Å². The van der Waals surface area contributed by atoms with Crippen molar-refractivity contribution in [1.82, 2.24) is 5.32 Å². The summed E-state index contributed by atoms with van der Waals surface area (Å²) in [5, 5.41) is 3.00. The minimum Gasteiger partial charge on any atom is -0.376 e. The lowest BCUT2D eigenvalue weighted by Crippen LogP contribution is -2.68. The van der Waals surface area contributed by atoms with Crippen molar-refractivity contribution in [3.63, 3.8) is 0 Å². The van der Waals surface area contributed by atoms with Gasteiger partial charge in [-0.1, -0.05) is 0 Å². The Labute approximate surface area is 133 Å². The lowest BCUT2D eigenvalue weighted by Gasteiger charge is -2.45. The van der Waals surface area contributed by atoms with E-state index in [1.807, 2.05) is 18.2 Å². The van der Waals surface area contributed by atoms with Crippen molar-refractivity contribution >= 4 is 44.4 Å². The van der Waals surface area contributed by atoms with E-state index in [1.54, 1.807) is 0 Å². The number of fused-ring (bicyclic) bond motifs is 1. The summed E-state index contributed by atoms with van der Waals surface area (Å²) in [7, 11) is 0. The van der Waals surface area contributed by atoms with E-state index >= 15 is 0 Å². The molecule has 3 rings (SSSR count). The van der Waals surface area contributed by atoms with Crippen LogP contribution in [0.15, 0.2) is 22.7 Å². The van der Waals surface area contributed by atoms with Crippen molar-refractivity contribution in [2.75, 3.05) is 6.61 Å². The fourth-order valence-corrected chi connectivity index (χ4v) is 3.75. The number of ether oxygens (including phenoxy) is 1. The van der Waals surface area contributed by atoms with Crippen LogP contribution in [0, 0.1) is 9.49 Å². The van der Waals surface area contributed by atoms with Gasteiger partial charge in [0.05, 0.1) is 17.7 Å². The maximum atomic E-state index is 12.3. The molecule has 3 N–H and O–H groups in total. The monoisotopic (exact) mass is 436 g/mol. The fraction of sp³-hybridized carbons (Fsp3) is 0.462. The van der Waals surface area contributed by atoms with Gasteiger partial charge in [-0.3, -0.25) is 4.79 Å². The first-order valence-electron chi connectivity index (χ1n) is 6.21. The summed E-state index contributed by atoms with van der Waals surface area (Å²) in [5.74, 6) is 0.310. The number of hydrogen-bond donors (Lipinski definition) is 2. The van der Waals surface area contributed by atoms with E-state index in [0.717, 1.165) is 21.1 Å². The summed E-state index contributed by atoms with van der Waals surface area (Å²) >= 11 is 5.60. The molecule has 0 radical (unpaired) electrons. The Bertz CT molecular complexity index is 525. The molecular formula is C13H14BrIN2O2. The Hall–Kier alpha value is -0.180. The van der Waals surface area contributed by atoms with Gasteiger partial charge in [-0.15, -0.1) is 0 Å². The molecule has 1 aromatic carbocycles. The molecule has 0 aromatic heterocycles. The molecule has 1 saturated heterocycles. The van der Waals surface area contributed by atoms with Crippen LogP contribution in [-0.4, -0.2) is 30.7 Å². The van der Waals surface area contributed by atoms with Gasteiger partial charge in [0, 0.05) is 26.6 Å². The zero-order chi connectivity index (χ0) is 13.6. The normalized spacial score (nSPS) is 32.6. The van der Waals surface area contributed by atoms with Gasteiger partial charge < -0.3 is 15.8 Å². The molecule has 1 amide bonds. The van der Waals surface area contributed by atoms with E-state index in [0.29, 0.717) is 11.5 Å². The molecule has 1 aliphatic carbocycles. The highest BCUT2D eigenvalue weighted by molar-refractivity contribution is 14.1. The molecule has 0 bridgehead atoms. The molecule has 4 atom stereocenters. The molecule has 19 heavy (non-hydrogen) atoms. The van der Waals surface area contributed by atoms with Crippen molar-refractivity contribution in [2.24, 2.45) is 11.7 Å². The smallest absolute Gasteiger partial charge is 0.252 e. The molecule has 6 heteroatoms. The van der Waals surface area contributed by atoms with Gasteiger partial charge in [0.25, 0.3) is 5.91 Å². The maximum absolute atomic E-state index is 12.3. The number of nitrogens with one attached hydrogen (secondary N) is 1. The van der Waals surface area contributed by atoms with Crippen LogP contribution in [0.25, 0.3) is 0 Å². The van der Waals surface area contributed by atoms with Gasteiger partial charge in [0.2, 0.25) is 0 Å². The van der Waals surface area contributed by atoms with E-state index in [1.165, 1.54) is 0 Å². The molecule has 0 spiro atoms. The second-order valence-electron chi connectivity index (χ2n) is 4.99. The van der Waals surface area contributed by atoms with E-state index in [4.69, 9.17) is 10.5 Å². The van der Waals surface area contributed by atoms with Crippen molar-refractivity contribution in [1.29, 1.82) is 0 Å². The lowest BCUT2D eigenvalue weighted by molar-refractivity contribution is -0.0161. The summed E-state index contributed by atoms with van der Waals surface area (Å²) < 4.78 is 7.44. The van der Waals surface area contributed by atoms with Crippen molar-refractivity contribution < 1.29 is 9.53 Å². The van der Waals surface area contributed by atoms with Crippen LogP contribution in [0.3, 0.4) is 0 Å². The average molecular weight is 437 g/mol. The van der Waals surface area contributed by atoms with Crippen LogP contribution in [0.2, 0.25) is 0 Å². The fourth-order valence-electron chi connectivity index (χ4n) is 2.83. The molecule has 102 valence electrons. The van der Waals surface area contributed by atoms with Crippen molar-refractivity contribution in [2.45, 2.75) is 24.6 Å². The minimum atomic E-state index is -0.0974. The van der Waals surface area contributed by atoms with Crippen LogP contribution in [0.1, 0.15) is 16.8 Å². The maximum Gasteiger partial charge on any atom is 0.252 e. The Morgan fingerprint density at radius 3 is 3.11 bits per heavy atom. The average Bonchev–Trinajstić information content (AvgIpc) is 2.83. The van der Waals surface area contributed by atoms with E-state index in [9.17, 15) is 4.79 Å². The third kappa shape index (κ3) is 2.43. The zero-order valence-electron chi connectivity index (χ0n) is 10.1. The van der Waals surface area contributed by atoms with Crippen molar-refractivity contribution in [3.05, 3.63) is 31.8 Å². The highest BCUT2D eigenvalue weighted by Crippen LogP contribution is 2.38. The third-order valence-electron chi connectivity index (χ3n) is 3.92. The molecule has 4 unspecified atom stereocenters. The molecular weight excluding hydrogens is 423 g/mol. The molecule has 1 saturated carbocycles. The highest BCUT2D eigenvalue weighted by Gasteiger charge is 2.52. The minimum absolute atomic E-state index is 0.0120. The molecule has 2 fully saturated rings. The summed E-state index contributed by atoms with van der Waals surface area (Å²) in [5.41, 5.74) is 6.73. The highest BCUT2D eigenvalue weighted by atomic mass is 127. The second-order valence-corrected chi connectivity index (χ2v) is 7.09. The first-order chi connectivity index (χ1) is 9.08. The topological polar surface area (TPSA) is 64.3 Å². The number of halogens is 2. The van der Waals surface area contributed by atoms with Crippen LogP contribution in [0.4, 0.5) is 0 Å². The number of amides is 1. The van der Waals surface area contributed by atoms with Crippen LogP contribution in [0.5, 0.6) is 0 Å². The van der Waals surface area contributed by atoms with Gasteiger partial charge in [0.1, 0.15) is 0 Å².